The molecule has 0 aliphatic heterocycles. The summed E-state index contributed by atoms with van der Waals surface area (Å²) in [6.45, 7) is 5.68. The Morgan fingerprint density at radius 1 is 1.45 bits per heavy atom. The van der Waals surface area contributed by atoms with Crippen LogP contribution in [0.3, 0.4) is 0 Å². The van der Waals surface area contributed by atoms with E-state index in [1.54, 1.807) is 12.5 Å². The molecule has 0 aliphatic carbocycles. The third-order valence-corrected chi connectivity index (χ3v) is 3.55. The molecule has 0 radical (unpaired) electrons. The van der Waals surface area contributed by atoms with Gasteiger partial charge < -0.3 is 14.6 Å². The minimum absolute atomic E-state index is 0.654. The largest absolute Gasteiger partial charge is 0.469 e. The van der Waals surface area contributed by atoms with Crippen molar-refractivity contribution in [3.05, 3.63) is 34.3 Å². The summed E-state index contributed by atoms with van der Waals surface area (Å²) in [6.07, 6.45) is 4.53. The summed E-state index contributed by atoms with van der Waals surface area (Å²) in [6, 6.07) is 1.98. The Bertz CT molecular complexity index is 570. The van der Waals surface area contributed by atoms with E-state index in [1.807, 2.05) is 20.0 Å². The highest BCUT2D eigenvalue weighted by Gasteiger charge is 2.12. The highest BCUT2D eigenvalue weighted by molar-refractivity contribution is 9.10. The van der Waals surface area contributed by atoms with E-state index in [4.69, 9.17) is 4.42 Å². The number of anilines is 2. The maximum Gasteiger partial charge on any atom is 0.224 e. The van der Waals surface area contributed by atoms with Crippen LogP contribution in [0.25, 0.3) is 0 Å². The average molecular weight is 339 g/mol. The number of rotatable bonds is 6. The normalized spacial score (nSPS) is 10.6. The van der Waals surface area contributed by atoms with E-state index in [0.29, 0.717) is 5.95 Å². The zero-order valence-corrected chi connectivity index (χ0v) is 13.6. The predicted octanol–water partition coefficient (Wildman–Crippen LogP) is 3.60. The first-order valence-electron chi connectivity index (χ1n) is 6.62. The van der Waals surface area contributed by atoms with Gasteiger partial charge in [-0.15, -0.1) is 0 Å². The fraction of sp³-hybridized carbons (Fsp3) is 0.429. The number of furan rings is 1. The SMILES string of the molecule is CCCNc1ncc(Br)c(N(C)Cc2ccoc2C)n1. The van der Waals surface area contributed by atoms with Crippen molar-refractivity contribution in [2.75, 3.05) is 23.8 Å². The lowest BCUT2D eigenvalue weighted by Gasteiger charge is -2.19. The number of aryl methyl sites for hydroxylation is 1. The monoisotopic (exact) mass is 338 g/mol. The second-order valence-electron chi connectivity index (χ2n) is 4.65. The molecule has 2 rings (SSSR count). The van der Waals surface area contributed by atoms with Crippen molar-refractivity contribution in [2.45, 2.75) is 26.8 Å². The van der Waals surface area contributed by atoms with Crippen LogP contribution in [0.1, 0.15) is 24.7 Å². The number of hydrogen-bond donors (Lipinski definition) is 1. The van der Waals surface area contributed by atoms with E-state index in [9.17, 15) is 0 Å². The quantitative estimate of drug-likeness (QED) is 0.871. The smallest absolute Gasteiger partial charge is 0.224 e. The molecule has 0 unspecified atom stereocenters. The van der Waals surface area contributed by atoms with Crippen LogP contribution in [0.2, 0.25) is 0 Å². The van der Waals surface area contributed by atoms with Gasteiger partial charge in [-0.1, -0.05) is 6.92 Å². The van der Waals surface area contributed by atoms with Crippen molar-refractivity contribution in [1.29, 1.82) is 0 Å². The average Bonchev–Trinajstić information content (AvgIpc) is 2.83. The Kier molecular flexibility index (Phi) is 5.00. The van der Waals surface area contributed by atoms with Gasteiger partial charge in [-0.05, 0) is 35.3 Å². The Hall–Kier alpha value is -1.56. The zero-order chi connectivity index (χ0) is 14.5. The number of hydrogen-bond acceptors (Lipinski definition) is 5. The minimum Gasteiger partial charge on any atom is -0.469 e. The number of nitrogens with zero attached hydrogens (tertiary/aromatic N) is 3. The third-order valence-electron chi connectivity index (χ3n) is 2.99. The van der Waals surface area contributed by atoms with Gasteiger partial charge in [0.1, 0.15) is 11.6 Å². The molecule has 1 N–H and O–H groups in total. The molecular formula is C14H19BrN4O. The molecule has 2 heterocycles. The van der Waals surface area contributed by atoms with Crippen LogP contribution < -0.4 is 10.2 Å². The minimum atomic E-state index is 0.654. The fourth-order valence-electron chi connectivity index (χ4n) is 1.85. The van der Waals surface area contributed by atoms with Crippen LogP contribution in [0.15, 0.2) is 27.4 Å². The first kappa shape index (κ1) is 14.8. The van der Waals surface area contributed by atoms with Crippen LogP contribution in [0, 0.1) is 6.92 Å². The summed E-state index contributed by atoms with van der Waals surface area (Å²) in [4.78, 5) is 10.9. The van der Waals surface area contributed by atoms with Crippen LogP contribution in [0.5, 0.6) is 0 Å². The first-order chi connectivity index (χ1) is 9.61. The van der Waals surface area contributed by atoms with Gasteiger partial charge in [-0.2, -0.15) is 4.98 Å². The van der Waals surface area contributed by atoms with Crippen molar-refractivity contribution in [3.63, 3.8) is 0 Å². The van der Waals surface area contributed by atoms with Gasteiger partial charge in [0.25, 0.3) is 0 Å². The predicted molar refractivity (Wildman–Crippen MR) is 84.1 cm³/mol. The van der Waals surface area contributed by atoms with Gasteiger partial charge in [0.05, 0.1) is 10.7 Å². The van der Waals surface area contributed by atoms with Crippen molar-refractivity contribution >= 4 is 27.7 Å². The molecule has 108 valence electrons. The van der Waals surface area contributed by atoms with Crippen molar-refractivity contribution in [1.82, 2.24) is 9.97 Å². The van der Waals surface area contributed by atoms with Gasteiger partial charge in [0.2, 0.25) is 5.95 Å². The molecular weight excluding hydrogens is 320 g/mol. The highest BCUT2D eigenvalue weighted by atomic mass is 79.9. The van der Waals surface area contributed by atoms with E-state index in [-0.39, 0.29) is 0 Å². The summed E-state index contributed by atoms with van der Waals surface area (Å²) in [7, 11) is 2.00. The van der Waals surface area contributed by atoms with E-state index < -0.39 is 0 Å². The molecule has 5 nitrogen and oxygen atoms in total. The maximum atomic E-state index is 5.32. The van der Waals surface area contributed by atoms with Crippen molar-refractivity contribution in [3.8, 4) is 0 Å². The fourth-order valence-corrected chi connectivity index (χ4v) is 2.35. The highest BCUT2D eigenvalue weighted by Crippen LogP contribution is 2.25. The number of aromatic nitrogens is 2. The zero-order valence-electron chi connectivity index (χ0n) is 12.0. The molecule has 0 atom stereocenters. The van der Waals surface area contributed by atoms with Crippen molar-refractivity contribution < 1.29 is 4.42 Å². The Morgan fingerprint density at radius 3 is 2.90 bits per heavy atom. The number of halogens is 1. The van der Waals surface area contributed by atoms with Gasteiger partial charge >= 0.3 is 0 Å². The second-order valence-corrected chi connectivity index (χ2v) is 5.50. The molecule has 20 heavy (non-hydrogen) atoms. The maximum absolute atomic E-state index is 5.32. The Balaban J connectivity index is 2.15. The lowest BCUT2D eigenvalue weighted by molar-refractivity contribution is 0.529. The van der Waals surface area contributed by atoms with Crippen LogP contribution in [-0.2, 0) is 6.54 Å². The Labute approximate surface area is 127 Å². The summed E-state index contributed by atoms with van der Waals surface area (Å²) >= 11 is 3.50. The molecule has 0 saturated carbocycles. The van der Waals surface area contributed by atoms with Gasteiger partial charge in [0.15, 0.2) is 0 Å². The molecule has 0 aromatic carbocycles. The second kappa shape index (κ2) is 6.74. The topological polar surface area (TPSA) is 54.2 Å². The molecule has 0 spiro atoms. The third kappa shape index (κ3) is 3.50. The summed E-state index contributed by atoms with van der Waals surface area (Å²) in [5, 5.41) is 3.20. The number of nitrogens with one attached hydrogen (secondary N) is 1. The first-order valence-corrected chi connectivity index (χ1v) is 7.41. The molecule has 0 saturated heterocycles. The molecule has 0 bridgehead atoms. The van der Waals surface area contributed by atoms with Crippen LogP contribution in [-0.4, -0.2) is 23.6 Å². The summed E-state index contributed by atoms with van der Waals surface area (Å²) < 4.78 is 6.20. The molecule has 0 amide bonds. The van der Waals surface area contributed by atoms with E-state index >= 15 is 0 Å². The lowest BCUT2D eigenvalue weighted by Crippen LogP contribution is -2.19. The summed E-state index contributed by atoms with van der Waals surface area (Å²) in [5.74, 6) is 2.45. The summed E-state index contributed by atoms with van der Waals surface area (Å²) in [5.41, 5.74) is 1.15. The standard InChI is InChI=1S/C14H19BrN4O/c1-4-6-16-14-17-8-12(15)13(18-14)19(3)9-11-5-7-20-10(11)2/h5,7-8H,4,6,9H2,1-3H3,(H,16,17,18). The van der Waals surface area contributed by atoms with Gasteiger partial charge in [0, 0.05) is 31.9 Å². The lowest BCUT2D eigenvalue weighted by atomic mass is 10.2. The van der Waals surface area contributed by atoms with Crippen LogP contribution >= 0.6 is 15.9 Å². The van der Waals surface area contributed by atoms with E-state index in [0.717, 1.165) is 41.1 Å². The molecule has 0 aliphatic rings. The molecule has 2 aromatic rings. The molecule has 2 aromatic heterocycles. The Morgan fingerprint density at radius 2 is 2.25 bits per heavy atom. The van der Waals surface area contributed by atoms with E-state index in [2.05, 4.69) is 43.0 Å². The van der Waals surface area contributed by atoms with E-state index in [1.165, 1.54) is 0 Å². The van der Waals surface area contributed by atoms with Gasteiger partial charge in [-0.3, -0.25) is 0 Å². The van der Waals surface area contributed by atoms with Crippen molar-refractivity contribution in [2.24, 2.45) is 0 Å². The molecule has 0 fully saturated rings. The molecule has 6 heteroatoms. The van der Waals surface area contributed by atoms with Gasteiger partial charge in [-0.25, -0.2) is 4.98 Å². The van der Waals surface area contributed by atoms with Crippen LogP contribution in [0.4, 0.5) is 11.8 Å².